The number of ether oxygens (including phenoxy) is 1. The second kappa shape index (κ2) is 8.98. The summed E-state index contributed by atoms with van der Waals surface area (Å²) in [6, 6.07) is 7.48. The summed E-state index contributed by atoms with van der Waals surface area (Å²) in [5.41, 5.74) is 5.49. The minimum absolute atomic E-state index is 0.00120. The fourth-order valence-corrected chi connectivity index (χ4v) is 4.21. The smallest absolute Gasteiger partial charge is 0.279 e. The van der Waals surface area contributed by atoms with Crippen LogP contribution in [0.2, 0.25) is 0 Å². The molecule has 2 rings (SSSR count). The number of nitrogens with one attached hydrogen (secondary N) is 3. The van der Waals surface area contributed by atoms with Crippen LogP contribution in [0.15, 0.2) is 35.2 Å². The third-order valence-electron chi connectivity index (χ3n) is 3.67. The molecular weight excluding hydrogens is 390 g/mol. The molecule has 146 valence electrons. The van der Waals surface area contributed by atoms with Gasteiger partial charge in [-0.3, -0.25) is 20.4 Å². The Morgan fingerprint density at radius 1 is 1.15 bits per heavy atom. The summed E-state index contributed by atoms with van der Waals surface area (Å²) in [6.07, 6.45) is 0.823. The van der Waals surface area contributed by atoms with Gasteiger partial charge in [-0.2, -0.15) is 0 Å². The Morgan fingerprint density at radius 2 is 1.81 bits per heavy atom. The summed E-state index contributed by atoms with van der Waals surface area (Å²) >= 11 is 1.35. The number of carbonyl (C=O) groups excluding carboxylic acids is 2. The Morgan fingerprint density at radius 3 is 2.37 bits per heavy atom. The molecule has 27 heavy (non-hydrogen) atoms. The molecule has 0 radical (unpaired) electrons. The largest absolute Gasteiger partial charge is 0.497 e. The standard InChI is InChI=1S/C17H21N3O5S2/c1-4-14-11(2)9-15(26-14)17(22)20-19-16(21)10-18-27(23,24)13-7-5-12(25-3)6-8-13/h5-9,18H,4,10H2,1-3H3,(H,19,21)(H,20,22). The lowest BCUT2D eigenvalue weighted by Gasteiger charge is -2.09. The molecule has 0 aliphatic heterocycles. The van der Waals surface area contributed by atoms with E-state index >= 15 is 0 Å². The lowest BCUT2D eigenvalue weighted by molar-refractivity contribution is -0.120. The number of methoxy groups -OCH3 is 1. The quantitative estimate of drug-likeness (QED) is 0.596. The maximum absolute atomic E-state index is 12.2. The highest BCUT2D eigenvalue weighted by atomic mass is 32.2. The molecule has 8 nitrogen and oxygen atoms in total. The first-order valence-electron chi connectivity index (χ1n) is 8.09. The van der Waals surface area contributed by atoms with Crippen LogP contribution in [0.4, 0.5) is 0 Å². The number of sulfonamides is 1. The first-order chi connectivity index (χ1) is 12.8. The van der Waals surface area contributed by atoms with Crippen molar-refractivity contribution in [1.82, 2.24) is 15.6 Å². The van der Waals surface area contributed by atoms with Crippen LogP contribution in [-0.2, 0) is 21.2 Å². The van der Waals surface area contributed by atoms with Gasteiger partial charge in [-0.1, -0.05) is 6.92 Å². The lowest BCUT2D eigenvalue weighted by Crippen LogP contribution is -2.46. The maximum Gasteiger partial charge on any atom is 0.279 e. The molecule has 0 unspecified atom stereocenters. The van der Waals surface area contributed by atoms with Crippen molar-refractivity contribution in [3.05, 3.63) is 45.6 Å². The van der Waals surface area contributed by atoms with Crippen molar-refractivity contribution in [2.75, 3.05) is 13.7 Å². The minimum Gasteiger partial charge on any atom is -0.497 e. The molecule has 2 aromatic rings. The molecule has 1 aromatic carbocycles. The van der Waals surface area contributed by atoms with E-state index in [1.807, 2.05) is 13.8 Å². The van der Waals surface area contributed by atoms with Crippen molar-refractivity contribution in [3.63, 3.8) is 0 Å². The molecule has 1 aromatic heterocycles. The number of hydrogen-bond donors (Lipinski definition) is 3. The lowest BCUT2D eigenvalue weighted by atomic mass is 10.2. The van der Waals surface area contributed by atoms with Crippen molar-refractivity contribution in [3.8, 4) is 5.75 Å². The molecule has 2 amide bonds. The van der Waals surface area contributed by atoms with Crippen molar-refractivity contribution in [2.24, 2.45) is 0 Å². The molecule has 0 aliphatic carbocycles. The molecule has 10 heteroatoms. The van der Waals surface area contributed by atoms with E-state index in [-0.39, 0.29) is 4.90 Å². The topological polar surface area (TPSA) is 114 Å². The zero-order chi connectivity index (χ0) is 20.0. The summed E-state index contributed by atoms with van der Waals surface area (Å²) in [5, 5.41) is 0. The molecule has 0 aliphatic rings. The predicted molar refractivity (Wildman–Crippen MR) is 102 cm³/mol. The molecule has 0 saturated carbocycles. The van der Waals surface area contributed by atoms with E-state index in [1.165, 1.54) is 42.7 Å². The van der Waals surface area contributed by atoms with Gasteiger partial charge in [0.15, 0.2) is 0 Å². The summed E-state index contributed by atoms with van der Waals surface area (Å²) in [7, 11) is -2.38. The summed E-state index contributed by atoms with van der Waals surface area (Å²) in [6.45, 7) is 3.40. The molecular formula is C17H21N3O5S2. The highest BCUT2D eigenvalue weighted by molar-refractivity contribution is 7.89. The average molecular weight is 412 g/mol. The van der Waals surface area contributed by atoms with Crippen LogP contribution >= 0.6 is 11.3 Å². The SMILES string of the molecule is CCc1sc(C(=O)NNC(=O)CNS(=O)(=O)c2ccc(OC)cc2)cc1C. The summed E-state index contributed by atoms with van der Waals surface area (Å²) < 4.78 is 31.4. The normalized spacial score (nSPS) is 11.1. The Kier molecular flexibility index (Phi) is 6.94. The zero-order valence-corrected chi connectivity index (χ0v) is 16.8. The van der Waals surface area contributed by atoms with Gasteiger partial charge < -0.3 is 4.74 Å². The van der Waals surface area contributed by atoms with Crippen LogP contribution in [0.25, 0.3) is 0 Å². The molecule has 0 spiro atoms. The number of amides is 2. The van der Waals surface area contributed by atoms with Crippen molar-refractivity contribution < 1.29 is 22.7 Å². The number of hydrazine groups is 1. The fraction of sp³-hybridized carbons (Fsp3) is 0.294. The third-order valence-corrected chi connectivity index (χ3v) is 6.47. The number of rotatable bonds is 7. The monoisotopic (exact) mass is 411 g/mol. The molecule has 0 fully saturated rings. The van der Waals surface area contributed by atoms with Crippen LogP contribution < -0.4 is 20.3 Å². The minimum atomic E-state index is -3.85. The van der Waals surface area contributed by atoms with Gasteiger partial charge in [0.1, 0.15) is 5.75 Å². The van der Waals surface area contributed by atoms with Gasteiger partial charge in [0, 0.05) is 4.88 Å². The Bertz CT molecular complexity index is 921. The fourth-order valence-electron chi connectivity index (χ4n) is 2.21. The Labute approximate surface area is 162 Å². The van der Waals surface area contributed by atoms with Crippen LogP contribution in [0.1, 0.15) is 27.0 Å². The predicted octanol–water partition coefficient (Wildman–Crippen LogP) is 1.37. The highest BCUT2D eigenvalue weighted by Gasteiger charge is 2.17. The summed E-state index contributed by atoms with van der Waals surface area (Å²) in [5.74, 6) is -0.622. The Hall–Kier alpha value is -2.43. The van der Waals surface area contributed by atoms with E-state index in [9.17, 15) is 18.0 Å². The van der Waals surface area contributed by atoms with Gasteiger partial charge in [0.25, 0.3) is 11.8 Å². The first-order valence-corrected chi connectivity index (χ1v) is 10.4. The molecule has 0 atom stereocenters. The highest BCUT2D eigenvalue weighted by Crippen LogP contribution is 2.22. The Balaban J connectivity index is 1.86. The number of carbonyl (C=O) groups is 2. The van der Waals surface area contributed by atoms with Crippen LogP contribution in [0, 0.1) is 6.92 Å². The molecule has 1 heterocycles. The van der Waals surface area contributed by atoms with E-state index in [2.05, 4.69) is 15.6 Å². The van der Waals surface area contributed by atoms with Gasteiger partial charge in [0.05, 0.1) is 23.4 Å². The van der Waals surface area contributed by atoms with E-state index in [4.69, 9.17) is 4.74 Å². The molecule has 0 bridgehead atoms. The van der Waals surface area contributed by atoms with E-state index < -0.39 is 28.4 Å². The van der Waals surface area contributed by atoms with Crippen LogP contribution in [0.5, 0.6) is 5.75 Å². The second-order valence-electron chi connectivity index (χ2n) is 5.57. The van der Waals surface area contributed by atoms with Crippen LogP contribution in [0.3, 0.4) is 0 Å². The van der Waals surface area contributed by atoms with Gasteiger partial charge in [0.2, 0.25) is 10.0 Å². The average Bonchev–Trinajstić information content (AvgIpc) is 3.05. The molecule has 3 N–H and O–H groups in total. The van der Waals surface area contributed by atoms with Gasteiger partial charge >= 0.3 is 0 Å². The third kappa shape index (κ3) is 5.52. The number of hydrogen-bond acceptors (Lipinski definition) is 6. The van der Waals surface area contributed by atoms with Crippen molar-refractivity contribution in [1.29, 1.82) is 0 Å². The van der Waals surface area contributed by atoms with Crippen molar-refractivity contribution in [2.45, 2.75) is 25.2 Å². The van der Waals surface area contributed by atoms with E-state index in [0.717, 1.165) is 16.9 Å². The number of thiophene rings is 1. The van der Waals surface area contributed by atoms with Gasteiger partial charge in [-0.15, -0.1) is 11.3 Å². The number of benzene rings is 1. The molecule has 0 saturated heterocycles. The zero-order valence-electron chi connectivity index (χ0n) is 15.2. The van der Waals surface area contributed by atoms with Gasteiger partial charge in [-0.05, 0) is 49.2 Å². The maximum atomic E-state index is 12.2. The van der Waals surface area contributed by atoms with E-state index in [0.29, 0.717) is 10.6 Å². The van der Waals surface area contributed by atoms with E-state index in [1.54, 1.807) is 6.07 Å². The van der Waals surface area contributed by atoms with Crippen LogP contribution in [-0.4, -0.2) is 33.9 Å². The van der Waals surface area contributed by atoms with Crippen molar-refractivity contribution >= 4 is 33.2 Å². The summed E-state index contributed by atoms with van der Waals surface area (Å²) in [4.78, 5) is 25.4. The second-order valence-corrected chi connectivity index (χ2v) is 8.48. The van der Waals surface area contributed by atoms with Gasteiger partial charge in [-0.25, -0.2) is 13.1 Å². The number of aryl methyl sites for hydroxylation is 2. The first kappa shape index (κ1) is 20.9.